The third-order valence-corrected chi connectivity index (χ3v) is 3.50. The minimum absolute atomic E-state index is 0.261. The van der Waals surface area contributed by atoms with Gasteiger partial charge in [-0.1, -0.05) is 30.3 Å². The maximum absolute atomic E-state index is 12.6. The summed E-state index contributed by atoms with van der Waals surface area (Å²) in [4.78, 5) is 14.6. The smallest absolute Gasteiger partial charge is 0.332 e. The van der Waals surface area contributed by atoms with Crippen LogP contribution >= 0.6 is 0 Å². The second-order valence-electron chi connectivity index (χ2n) is 4.97. The summed E-state index contributed by atoms with van der Waals surface area (Å²) in [6.07, 6.45) is 0. The third-order valence-electron chi connectivity index (χ3n) is 3.50. The molecule has 5 heteroatoms. The van der Waals surface area contributed by atoms with Crippen LogP contribution in [0.3, 0.4) is 0 Å². The van der Waals surface area contributed by atoms with E-state index in [0.29, 0.717) is 19.8 Å². The Morgan fingerprint density at radius 2 is 2.00 bits per heavy atom. The van der Waals surface area contributed by atoms with Crippen LogP contribution < -0.4 is 5.32 Å². The van der Waals surface area contributed by atoms with Crippen molar-refractivity contribution >= 4 is 5.97 Å². The first kappa shape index (κ1) is 17.6. The van der Waals surface area contributed by atoms with Gasteiger partial charge < -0.3 is 19.7 Å². The number of nitrogens with zero attached hydrogens (tertiary/aromatic N) is 1. The first-order valence-electron chi connectivity index (χ1n) is 7.19. The molecule has 0 aliphatic heterocycles. The van der Waals surface area contributed by atoms with Crippen LogP contribution in [-0.4, -0.2) is 58.4 Å². The van der Waals surface area contributed by atoms with Gasteiger partial charge in [-0.3, -0.25) is 0 Å². The largest absolute Gasteiger partial charge is 0.464 e. The van der Waals surface area contributed by atoms with Crippen molar-refractivity contribution in [2.45, 2.75) is 12.5 Å². The van der Waals surface area contributed by atoms with Crippen LogP contribution in [0.5, 0.6) is 0 Å². The minimum Gasteiger partial charge on any atom is -0.464 e. The van der Waals surface area contributed by atoms with Gasteiger partial charge in [0.2, 0.25) is 0 Å². The highest BCUT2D eigenvalue weighted by atomic mass is 16.5. The highest BCUT2D eigenvalue weighted by Crippen LogP contribution is 2.24. The molecule has 118 valence electrons. The van der Waals surface area contributed by atoms with E-state index in [1.54, 1.807) is 14.2 Å². The number of rotatable bonds is 9. The summed E-state index contributed by atoms with van der Waals surface area (Å²) in [5, 5.41) is 3.17. The summed E-state index contributed by atoms with van der Waals surface area (Å²) in [5.41, 5.74) is 0.0231. The number of nitrogens with one attached hydrogen (secondary N) is 1. The maximum atomic E-state index is 12.6. The van der Waals surface area contributed by atoms with Crippen molar-refractivity contribution in [2.75, 3.05) is 47.5 Å². The molecule has 0 amide bonds. The first-order chi connectivity index (χ1) is 10.1. The molecule has 0 fully saturated rings. The van der Waals surface area contributed by atoms with Crippen molar-refractivity contribution in [3.63, 3.8) is 0 Å². The Balaban J connectivity index is 3.05. The lowest BCUT2D eigenvalue weighted by atomic mass is 9.89. The van der Waals surface area contributed by atoms with Crippen LogP contribution in [0, 0.1) is 0 Å². The Bertz CT molecular complexity index is 425. The summed E-state index contributed by atoms with van der Waals surface area (Å²) in [6, 6.07) is 9.67. The third kappa shape index (κ3) is 4.52. The molecule has 0 aromatic heterocycles. The van der Waals surface area contributed by atoms with Gasteiger partial charge in [0.25, 0.3) is 0 Å². The van der Waals surface area contributed by atoms with Crippen molar-refractivity contribution in [1.82, 2.24) is 10.2 Å². The van der Waals surface area contributed by atoms with Crippen LogP contribution in [0.15, 0.2) is 30.3 Å². The second-order valence-corrected chi connectivity index (χ2v) is 4.97. The Morgan fingerprint density at radius 1 is 1.33 bits per heavy atom. The number of esters is 1. The monoisotopic (exact) mass is 294 g/mol. The highest BCUT2D eigenvalue weighted by molar-refractivity contribution is 5.83. The van der Waals surface area contributed by atoms with Gasteiger partial charge in [-0.05, 0) is 26.6 Å². The standard InChI is InChI=1S/C16H26N2O3/c1-5-21-15(19)16(17-2,13-18(3)11-12-20-4)14-9-7-6-8-10-14/h6-10,17H,5,11-13H2,1-4H3. The zero-order valence-corrected chi connectivity index (χ0v) is 13.4. The Kier molecular flexibility index (Phi) is 7.36. The van der Waals surface area contributed by atoms with Crippen LogP contribution in [0.4, 0.5) is 0 Å². The molecule has 0 saturated carbocycles. The van der Waals surface area contributed by atoms with Crippen LogP contribution in [0.1, 0.15) is 12.5 Å². The van der Waals surface area contributed by atoms with Gasteiger partial charge in [-0.25, -0.2) is 4.79 Å². The minimum atomic E-state index is -0.875. The molecule has 0 saturated heterocycles. The molecule has 21 heavy (non-hydrogen) atoms. The zero-order valence-electron chi connectivity index (χ0n) is 13.4. The molecule has 0 aliphatic rings. The van der Waals surface area contributed by atoms with E-state index in [4.69, 9.17) is 9.47 Å². The Morgan fingerprint density at radius 3 is 2.52 bits per heavy atom. The van der Waals surface area contributed by atoms with Gasteiger partial charge in [-0.15, -0.1) is 0 Å². The average molecular weight is 294 g/mol. The van der Waals surface area contributed by atoms with Gasteiger partial charge in [0, 0.05) is 20.2 Å². The predicted octanol–water partition coefficient (Wildman–Crippen LogP) is 1.24. The molecule has 1 aromatic rings. The van der Waals surface area contributed by atoms with Crippen molar-refractivity contribution in [3.8, 4) is 0 Å². The number of hydrogen-bond donors (Lipinski definition) is 1. The summed E-state index contributed by atoms with van der Waals surface area (Å²) < 4.78 is 10.4. The fourth-order valence-corrected chi connectivity index (χ4v) is 2.31. The lowest BCUT2D eigenvalue weighted by Crippen LogP contribution is -2.55. The number of benzene rings is 1. The van der Waals surface area contributed by atoms with Gasteiger partial charge in [0.05, 0.1) is 13.2 Å². The molecule has 1 aromatic carbocycles. The number of likely N-dealkylation sites (N-methyl/N-ethyl adjacent to an activating group) is 2. The summed E-state index contributed by atoms with van der Waals surface area (Å²) in [7, 11) is 5.42. The van der Waals surface area contributed by atoms with Crippen molar-refractivity contribution in [3.05, 3.63) is 35.9 Å². The topological polar surface area (TPSA) is 50.8 Å². The van der Waals surface area contributed by atoms with Crippen LogP contribution in [-0.2, 0) is 19.8 Å². The molecule has 0 radical (unpaired) electrons. The van der Waals surface area contributed by atoms with Gasteiger partial charge in [-0.2, -0.15) is 0 Å². The molecule has 1 rings (SSSR count). The van der Waals surface area contributed by atoms with Crippen molar-refractivity contribution in [2.24, 2.45) is 0 Å². The van der Waals surface area contributed by atoms with E-state index in [0.717, 1.165) is 12.1 Å². The first-order valence-corrected chi connectivity index (χ1v) is 7.19. The second kappa shape index (κ2) is 8.77. The lowest BCUT2D eigenvalue weighted by Gasteiger charge is -2.35. The van der Waals surface area contributed by atoms with Gasteiger partial charge in [0.15, 0.2) is 5.54 Å². The molecule has 0 aliphatic carbocycles. The predicted molar refractivity (Wildman–Crippen MR) is 83.2 cm³/mol. The molecule has 1 unspecified atom stereocenters. The fourth-order valence-electron chi connectivity index (χ4n) is 2.31. The number of methoxy groups -OCH3 is 1. The molecule has 5 nitrogen and oxygen atoms in total. The molecular weight excluding hydrogens is 268 g/mol. The number of carbonyl (C=O) groups is 1. The SMILES string of the molecule is CCOC(=O)C(CN(C)CCOC)(NC)c1ccccc1. The van der Waals surface area contributed by atoms with E-state index in [1.165, 1.54) is 0 Å². The van der Waals surface area contributed by atoms with Gasteiger partial charge >= 0.3 is 5.97 Å². The van der Waals surface area contributed by atoms with E-state index in [9.17, 15) is 4.79 Å². The molecule has 0 bridgehead atoms. The summed E-state index contributed by atoms with van der Waals surface area (Å²) in [6.45, 7) is 4.05. The average Bonchev–Trinajstić information content (AvgIpc) is 2.51. The van der Waals surface area contributed by atoms with Crippen LogP contribution in [0.25, 0.3) is 0 Å². The van der Waals surface area contributed by atoms with E-state index in [2.05, 4.69) is 10.2 Å². The summed E-state index contributed by atoms with van der Waals surface area (Å²) in [5.74, 6) is -0.261. The van der Waals surface area contributed by atoms with E-state index >= 15 is 0 Å². The Labute approximate surface area is 127 Å². The van der Waals surface area contributed by atoms with Gasteiger partial charge in [0.1, 0.15) is 0 Å². The van der Waals surface area contributed by atoms with Crippen molar-refractivity contribution < 1.29 is 14.3 Å². The molecule has 1 atom stereocenters. The lowest BCUT2D eigenvalue weighted by molar-refractivity contribution is -0.152. The van der Waals surface area contributed by atoms with E-state index < -0.39 is 5.54 Å². The van der Waals surface area contributed by atoms with Crippen LogP contribution in [0.2, 0.25) is 0 Å². The summed E-state index contributed by atoms with van der Waals surface area (Å²) >= 11 is 0. The highest BCUT2D eigenvalue weighted by Gasteiger charge is 2.41. The molecule has 1 N–H and O–H groups in total. The normalized spacial score (nSPS) is 14.0. The quantitative estimate of drug-likeness (QED) is 0.695. The van der Waals surface area contributed by atoms with E-state index in [-0.39, 0.29) is 5.97 Å². The molecular formula is C16H26N2O3. The van der Waals surface area contributed by atoms with E-state index in [1.807, 2.05) is 44.3 Å². The molecule has 0 spiro atoms. The Hall–Kier alpha value is -1.43. The number of hydrogen-bond acceptors (Lipinski definition) is 5. The maximum Gasteiger partial charge on any atom is 0.332 e. The molecule has 0 heterocycles. The fraction of sp³-hybridized carbons (Fsp3) is 0.562. The zero-order chi connectivity index (χ0) is 15.7. The number of ether oxygens (including phenoxy) is 2. The number of carbonyl (C=O) groups excluding carboxylic acids is 1. The van der Waals surface area contributed by atoms with Crippen molar-refractivity contribution in [1.29, 1.82) is 0 Å².